The van der Waals surface area contributed by atoms with E-state index in [1.165, 1.54) is 0 Å². The molecule has 0 bridgehead atoms. The molecule has 20 heavy (non-hydrogen) atoms. The van der Waals surface area contributed by atoms with Gasteiger partial charge in [-0.15, -0.1) is 0 Å². The Balaban J connectivity index is 2.38. The van der Waals surface area contributed by atoms with E-state index < -0.39 is 0 Å². The molecule has 3 nitrogen and oxygen atoms in total. The topological polar surface area (TPSA) is 39.8 Å². The van der Waals surface area contributed by atoms with Gasteiger partial charge in [0.15, 0.2) is 0 Å². The predicted octanol–water partition coefficient (Wildman–Crippen LogP) is 3.66. The van der Waals surface area contributed by atoms with E-state index in [0.29, 0.717) is 0 Å². The Morgan fingerprint density at radius 1 is 0.900 bits per heavy atom. The van der Waals surface area contributed by atoms with Crippen LogP contribution in [0.4, 0.5) is 0 Å². The van der Waals surface area contributed by atoms with E-state index >= 15 is 0 Å². The Labute approximate surface area is 118 Å². The zero-order chi connectivity index (χ0) is 14.1. The Kier molecular flexibility index (Phi) is 3.11. The van der Waals surface area contributed by atoms with Gasteiger partial charge in [-0.05, 0) is 6.07 Å². The van der Waals surface area contributed by atoms with Crippen molar-refractivity contribution < 1.29 is 4.85 Å². The molecule has 0 unspecified atom stereocenters. The third-order valence-electron chi connectivity index (χ3n) is 3.45. The molecule has 0 atom stereocenters. The second-order valence-corrected chi connectivity index (χ2v) is 5.17. The fourth-order valence-corrected chi connectivity index (χ4v) is 2.56. The molecular weight excluding hydrogens is 248 g/mol. The molecule has 0 saturated heterocycles. The zero-order valence-corrected chi connectivity index (χ0v) is 11.6. The lowest BCUT2D eigenvalue weighted by Crippen LogP contribution is -2.37. The van der Waals surface area contributed by atoms with Crippen LogP contribution in [0.3, 0.4) is 0 Å². The maximum Gasteiger partial charge on any atom is 0.232 e. The minimum Gasteiger partial charge on any atom is -0.594 e. The summed E-state index contributed by atoms with van der Waals surface area (Å²) in [5.74, 6) is 0.134. The SMILES string of the molecule is CC(C)c1c2ccccc2c(-c2ccccc2)n[n+]1[O-]. The van der Waals surface area contributed by atoms with Crippen LogP contribution in [0.15, 0.2) is 54.6 Å². The fraction of sp³-hybridized carbons (Fsp3) is 0.176. The van der Waals surface area contributed by atoms with Crippen molar-refractivity contribution in [2.24, 2.45) is 0 Å². The highest BCUT2D eigenvalue weighted by Crippen LogP contribution is 2.29. The molecule has 3 aromatic rings. The number of benzene rings is 2. The van der Waals surface area contributed by atoms with Crippen molar-refractivity contribution in [2.75, 3.05) is 0 Å². The van der Waals surface area contributed by atoms with Gasteiger partial charge in [-0.3, -0.25) is 0 Å². The fourth-order valence-electron chi connectivity index (χ4n) is 2.56. The van der Waals surface area contributed by atoms with Gasteiger partial charge < -0.3 is 5.21 Å². The first-order chi connectivity index (χ1) is 9.68. The second-order valence-electron chi connectivity index (χ2n) is 5.17. The van der Waals surface area contributed by atoms with Crippen molar-refractivity contribution in [3.8, 4) is 11.3 Å². The summed E-state index contributed by atoms with van der Waals surface area (Å²) in [4.78, 5) is 0.773. The van der Waals surface area contributed by atoms with Crippen molar-refractivity contribution in [3.05, 3.63) is 65.5 Å². The van der Waals surface area contributed by atoms with Crippen LogP contribution in [0, 0.1) is 5.21 Å². The molecule has 0 N–H and O–H groups in total. The molecule has 0 spiro atoms. The summed E-state index contributed by atoms with van der Waals surface area (Å²) < 4.78 is 0. The number of hydrogen-bond donors (Lipinski definition) is 0. The molecule has 0 fully saturated rings. The van der Waals surface area contributed by atoms with Crippen LogP contribution >= 0.6 is 0 Å². The van der Waals surface area contributed by atoms with Gasteiger partial charge in [-0.1, -0.05) is 67.2 Å². The van der Waals surface area contributed by atoms with Gasteiger partial charge in [-0.25, -0.2) is 0 Å². The van der Waals surface area contributed by atoms with Gasteiger partial charge in [0.05, 0.1) is 5.39 Å². The number of hydrogen-bond acceptors (Lipinski definition) is 2. The summed E-state index contributed by atoms with van der Waals surface area (Å²) in [6, 6.07) is 17.8. The molecule has 100 valence electrons. The highest BCUT2D eigenvalue weighted by Gasteiger charge is 2.20. The molecular formula is C17H16N2O. The van der Waals surface area contributed by atoms with Gasteiger partial charge in [0.25, 0.3) is 0 Å². The lowest BCUT2D eigenvalue weighted by atomic mass is 9.99. The third-order valence-corrected chi connectivity index (χ3v) is 3.45. The van der Waals surface area contributed by atoms with Gasteiger partial charge >= 0.3 is 0 Å². The smallest absolute Gasteiger partial charge is 0.232 e. The van der Waals surface area contributed by atoms with Crippen molar-refractivity contribution in [2.45, 2.75) is 19.8 Å². The summed E-state index contributed by atoms with van der Waals surface area (Å²) in [7, 11) is 0. The number of nitrogens with zero attached hydrogens (tertiary/aromatic N) is 2. The first-order valence-corrected chi connectivity index (χ1v) is 6.76. The standard InChI is InChI=1S/C17H16N2O/c1-12(2)17-15-11-7-6-10-14(15)16(18-19(17)20)13-8-4-3-5-9-13/h3-12H,1-2H3. The van der Waals surface area contributed by atoms with Crippen molar-refractivity contribution >= 4 is 10.8 Å². The molecule has 0 amide bonds. The average molecular weight is 264 g/mol. The van der Waals surface area contributed by atoms with Crippen LogP contribution in [-0.4, -0.2) is 5.10 Å². The van der Waals surface area contributed by atoms with E-state index in [9.17, 15) is 5.21 Å². The van der Waals surface area contributed by atoms with Gasteiger partial charge in [-0.2, -0.15) is 0 Å². The Hall–Kier alpha value is -2.42. The Morgan fingerprint density at radius 2 is 1.50 bits per heavy atom. The van der Waals surface area contributed by atoms with Gasteiger partial charge in [0.2, 0.25) is 5.69 Å². The average Bonchev–Trinajstić information content (AvgIpc) is 2.47. The summed E-state index contributed by atoms with van der Waals surface area (Å²) in [5.41, 5.74) is 2.42. The molecule has 2 aromatic carbocycles. The van der Waals surface area contributed by atoms with Crippen molar-refractivity contribution in [3.63, 3.8) is 0 Å². The van der Waals surface area contributed by atoms with Gasteiger partial charge in [0.1, 0.15) is 5.69 Å². The van der Waals surface area contributed by atoms with Crippen LogP contribution in [0.5, 0.6) is 0 Å². The van der Waals surface area contributed by atoms with E-state index in [4.69, 9.17) is 0 Å². The summed E-state index contributed by atoms with van der Waals surface area (Å²) in [5, 5.41) is 18.5. The third kappa shape index (κ3) is 2.01. The molecule has 0 saturated carbocycles. The summed E-state index contributed by atoms with van der Waals surface area (Å²) in [6.45, 7) is 4.03. The maximum absolute atomic E-state index is 12.3. The number of rotatable bonds is 2. The Morgan fingerprint density at radius 3 is 2.15 bits per heavy atom. The summed E-state index contributed by atoms with van der Waals surface area (Å²) >= 11 is 0. The highest BCUT2D eigenvalue weighted by molar-refractivity contribution is 5.95. The zero-order valence-electron chi connectivity index (χ0n) is 11.6. The van der Waals surface area contributed by atoms with Crippen molar-refractivity contribution in [1.29, 1.82) is 0 Å². The van der Waals surface area contributed by atoms with Crippen LogP contribution in [0.25, 0.3) is 22.0 Å². The molecule has 3 rings (SSSR count). The first-order valence-electron chi connectivity index (χ1n) is 6.76. The lowest BCUT2D eigenvalue weighted by molar-refractivity contribution is -0.675. The van der Waals surface area contributed by atoms with Crippen molar-refractivity contribution in [1.82, 2.24) is 5.10 Å². The second kappa shape index (κ2) is 4.93. The monoisotopic (exact) mass is 264 g/mol. The number of fused-ring (bicyclic) bond motifs is 1. The normalized spacial score (nSPS) is 11.2. The van der Waals surface area contributed by atoms with E-state index in [-0.39, 0.29) is 5.92 Å². The molecule has 0 aliphatic carbocycles. The predicted molar refractivity (Wildman–Crippen MR) is 80.2 cm³/mol. The largest absolute Gasteiger partial charge is 0.594 e. The Bertz CT molecular complexity index is 752. The van der Waals surface area contributed by atoms with E-state index in [2.05, 4.69) is 5.10 Å². The van der Waals surface area contributed by atoms with Crippen LogP contribution in [0.1, 0.15) is 25.5 Å². The molecule has 3 heteroatoms. The highest BCUT2D eigenvalue weighted by atomic mass is 16.5. The molecule has 0 aliphatic rings. The first kappa shape index (κ1) is 12.6. The quantitative estimate of drug-likeness (QED) is 0.523. The maximum atomic E-state index is 12.3. The van der Waals surface area contributed by atoms with Crippen LogP contribution in [0.2, 0.25) is 0 Å². The molecule has 0 aliphatic heterocycles. The number of aromatic nitrogens is 2. The van der Waals surface area contributed by atoms with E-state index in [0.717, 1.165) is 32.6 Å². The van der Waals surface area contributed by atoms with Crippen LogP contribution in [-0.2, 0) is 0 Å². The molecule has 1 aromatic heterocycles. The van der Waals surface area contributed by atoms with E-state index in [1.54, 1.807) is 0 Å². The van der Waals surface area contributed by atoms with Crippen LogP contribution < -0.4 is 4.85 Å². The summed E-state index contributed by atoms with van der Waals surface area (Å²) in [6.07, 6.45) is 0. The molecule has 0 radical (unpaired) electrons. The van der Waals surface area contributed by atoms with E-state index in [1.807, 2.05) is 68.4 Å². The molecule has 1 heterocycles. The van der Waals surface area contributed by atoms with Gasteiger partial charge in [0, 0.05) is 22.0 Å². The lowest BCUT2D eigenvalue weighted by Gasteiger charge is -2.11. The minimum atomic E-state index is 0.134. The minimum absolute atomic E-state index is 0.134.